The summed E-state index contributed by atoms with van der Waals surface area (Å²) in [5.41, 5.74) is 5.64. The fraction of sp³-hybridized carbons (Fsp3) is 0.258. The molecule has 0 radical (unpaired) electrons. The molecule has 0 aliphatic carbocycles. The van der Waals surface area contributed by atoms with Gasteiger partial charge >= 0.3 is 12.0 Å². The number of amides is 2. The number of esters is 1. The first-order valence-corrected chi connectivity index (χ1v) is 13.8. The number of allylic oxidation sites excluding steroid dienone is 1. The minimum atomic E-state index is -1.13. The zero-order chi connectivity index (χ0) is 30.8. The van der Waals surface area contributed by atoms with E-state index in [0.29, 0.717) is 46.7 Å². The number of methoxy groups -OCH3 is 1. The molecule has 12 heteroatoms. The highest BCUT2D eigenvalue weighted by atomic mass is 35.5. The molecule has 0 fully saturated rings. The quantitative estimate of drug-likeness (QED) is 0.0967. The van der Waals surface area contributed by atoms with E-state index in [1.165, 1.54) is 7.11 Å². The third-order valence-corrected chi connectivity index (χ3v) is 6.54. The maximum Gasteiger partial charge on any atom is 0.337 e. The molecule has 3 aromatic carbocycles. The first-order chi connectivity index (χ1) is 20.8. The lowest BCUT2D eigenvalue weighted by Crippen LogP contribution is -2.45. The van der Waals surface area contributed by atoms with E-state index >= 15 is 0 Å². The van der Waals surface area contributed by atoms with Crippen molar-refractivity contribution in [2.24, 2.45) is 5.10 Å². The van der Waals surface area contributed by atoms with Gasteiger partial charge in [0.25, 0.3) is 0 Å². The molecule has 0 spiro atoms. The van der Waals surface area contributed by atoms with Crippen LogP contribution in [-0.2, 0) is 16.1 Å². The fourth-order valence-electron chi connectivity index (χ4n) is 4.25. The Morgan fingerprint density at radius 3 is 2.63 bits per heavy atom. The number of rotatable bonds is 13. The first-order valence-electron chi connectivity index (χ1n) is 13.5. The number of nitrogens with zero attached hydrogens (tertiary/aromatic N) is 1. The zero-order valence-corrected chi connectivity index (χ0v) is 24.7. The third kappa shape index (κ3) is 8.63. The number of aliphatic hydroxyl groups is 1. The molecule has 11 nitrogen and oxygen atoms in total. The van der Waals surface area contributed by atoms with Crippen molar-refractivity contribution < 1.29 is 33.6 Å². The Bertz CT molecular complexity index is 1490. The van der Waals surface area contributed by atoms with Crippen LogP contribution in [-0.4, -0.2) is 49.9 Å². The van der Waals surface area contributed by atoms with Gasteiger partial charge in [0.05, 0.1) is 31.5 Å². The first kappa shape index (κ1) is 31.2. The number of hydrogen-bond acceptors (Lipinski definition) is 9. The second kappa shape index (κ2) is 14.9. The van der Waals surface area contributed by atoms with Crippen LogP contribution in [0.5, 0.6) is 17.2 Å². The molecular weight excluding hydrogens is 576 g/mol. The maximum absolute atomic E-state index is 12.4. The van der Waals surface area contributed by atoms with E-state index in [9.17, 15) is 14.7 Å². The predicted octanol–water partition coefficient (Wildman–Crippen LogP) is 4.44. The minimum Gasteiger partial charge on any atom is -0.490 e. The van der Waals surface area contributed by atoms with Gasteiger partial charge in [0, 0.05) is 10.7 Å². The molecule has 1 aliphatic heterocycles. The van der Waals surface area contributed by atoms with Crippen molar-refractivity contribution in [1.82, 2.24) is 16.1 Å². The van der Waals surface area contributed by atoms with Gasteiger partial charge in [0.15, 0.2) is 17.7 Å². The van der Waals surface area contributed by atoms with Crippen molar-refractivity contribution in [2.75, 3.05) is 20.3 Å². The normalized spacial score (nSPS) is 15.4. The van der Waals surface area contributed by atoms with Gasteiger partial charge in [-0.15, -0.1) is 0 Å². The summed E-state index contributed by atoms with van der Waals surface area (Å²) in [7, 11) is 1.28. The van der Waals surface area contributed by atoms with E-state index in [-0.39, 0.29) is 12.2 Å². The summed E-state index contributed by atoms with van der Waals surface area (Å²) >= 11 is 5.93. The molecule has 1 aliphatic rings. The van der Waals surface area contributed by atoms with E-state index in [2.05, 4.69) is 21.2 Å². The molecule has 2 amide bonds. The number of halogens is 1. The van der Waals surface area contributed by atoms with Crippen LogP contribution in [0.15, 0.2) is 83.1 Å². The molecule has 4 rings (SSSR count). The minimum absolute atomic E-state index is 0.141. The average molecular weight is 609 g/mol. The van der Waals surface area contributed by atoms with Crippen molar-refractivity contribution in [2.45, 2.75) is 32.7 Å². The Kier molecular flexibility index (Phi) is 10.8. The molecule has 0 aromatic heterocycles. The highest BCUT2D eigenvalue weighted by Crippen LogP contribution is 2.35. The predicted molar refractivity (Wildman–Crippen MR) is 161 cm³/mol. The zero-order valence-electron chi connectivity index (χ0n) is 23.9. The molecule has 43 heavy (non-hydrogen) atoms. The fourth-order valence-corrected chi connectivity index (χ4v) is 4.38. The Balaban J connectivity index is 1.35. The Labute approximate surface area is 254 Å². The Morgan fingerprint density at radius 2 is 1.88 bits per heavy atom. The van der Waals surface area contributed by atoms with Crippen molar-refractivity contribution >= 4 is 29.8 Å². The number of carbonyl (C=O) groups excluding carboxylic acids is 2. The average Bonchev–Trinajstić information content (AvgIpc) is 3.00. The molecule has 2 atom stereocenters. The lowest BCUT2D eigenvalue weighted by Gasteiger charge is -2.28. The lowest BCUT2D eigenvalue weighted by atomic mass is 9.95. The van der Waals surface area contributed by atoms with Crippen molar-refractivity contribution in [1.29, 1.82) is 0 Å². The number of aliphatic hydroxyl groups excluding tert-OH is 1. The van der Waals surface area contributed by atoms with Crippen LogP contribution >= 0.6 is 11.6 Å². The van der Waals surface area contributed by atoms with E-state index in [1.807, 2.05) is 55.5 Å². The van der Waals surface area contributed by atoms with Crippen molar-refractivity contribution in [3.63, 3.8) is 0 Å². The summed E-state index contributed by atoms with van der Waals surface area (Å²) in [5, 5.41) is 20.5. The van der Waals surface area contributed by atoms with E-state index in [4.69, 9.17) is 30.5 Å². The molecule has 0 unspecified atom stereocenters. The van der Waals surface area contributed by atoms with Crippen molar-refractivity contribution in [3.05, 3.63) is 99.7 Å². The second-order valence-corrected chi connectivity index (χ2v) is 9.84. The summed E-state index contributed by atoms with van der Waals surface area (Å²) < 4.78 is 22.3. The van der Waals surface area contributed by atoms with Gasteiger partial charge in [0.1, 0.15) is 19.0 Å². The molecule has 226 valence electrons. The lowest BCUT2D eigenvalue weighted by molar-refractivity contribution is -0.136. The van der Waals surface area contributed by atoms with E-state index < -0.39 is 24.3 Å². The molecule has 0 saturated heterocycles. The van der Waals surface area contributed by atoms with Gasteiger partial charge in [-0.3, -0.25) is 5.43 Å². The number of hydrogen-bond donors (Lipinski definition) is 4. The summed E-state index contributed by atoms with van der Waals surface area (Å²) in [6.45, 7) is 4.03. The highest BCUT2D eigenvalue weighted by molar-refractivity contribution is 6.30. The van der Waals surface area contributed by atoms with Crippen LogP contribution in [0.1, 0.15) is 36.6 Å². The van der Waals surface area contributed by atoms with Gasteiger partial charge in [-0.2, -0.15) is 5.10 Å². The van der Waals surface area contributed by atoms with Crippen LogP contribution in [0.4, 0.5) is 4.79 Å². The SMILES string of the molecule is CCOc1cc([C@H]2NC(=O)NC(C)=C2C(=O)OC)ccc1OC[C@@H](O)N/N=C/c1cccc(OCc2ccc(Cl)cc2)c1. The molecular formula is C31H33ClN4O7. The molecule has 1 heterocycles. The van der Waals surface area contributed by atoms with E-state index in [0.717, 1.165) is 11.1 Å². The summed E-state index contributed by atoms with van der Waals surface area (Å²) in [4.78, 5) is 24.6. The number of hydrazone groups is 1. The highest BCUT2D eigenvalue weighted by Gasteiger charge is 2.32. The number of carbonyl (C=O) groups is 2. The summed E-state index contributed by atoms with van der Waals surface area (Å²) in [6.07, 6.45) is 0.426. The van der Waals surface area contributed by atoms with Crippen molar-refractivity contribution in [3.8, 4) is 17.2 Å². The van der Waals surface area contributed by atoms with Crippen LogP contribution < -0.4 is 30.3 Å². The molecule has 0 bridgehead atoms. The Morgan fingerprint density at radius 1 is 1.09 bits per heavy atom. The topological polar surface area (TPSA) is 140 Å². The van der Waals surface area contributed by atoms with Gasteiger partial charge in [-0.25, -0.2) is 9.59 Å². The number of urea groups is 1. The van der Waals surface area contributed by atoms with Crippen LogP contribution in [0.25, 0.3) is 0 Å². The van der Waals surface area contributed by atoms with Gasteiger partial charge in [-0.1, -0.05) is 41.9 Å². The van der Waals surface area contributed by atoms with Gasteiger partial charge in [-0.05, 0) is 66.9 Å². The van der Waals surface area contributed by atoms with E-state index in [1.54, 1.807) is 31.3 Å². The third-order valence-electron chi connectivity index (χ3n) is 6.29. The molecule has 4 N–H and O–H groups in total. The summed E-state index contributed by atoms with van der Waals surface area (Å²) in [5.74, 6) is 0.839. The molecule has 3 aromatic rings. The van der Waals surface area contributed by atoms with Gasteiger partial charge < -0.3 is 34.7 Å². The monoisotopic (exact) mass is 608 g/mol. The largest absolute Gasteiger partial charge is 0.490 e. The number of ether oxygens (including phenoxy) is 4. The number of nitrogens with one attached hydrogen (secondary N) is 3. The second-order valence-electron chi connectivity index (χ2n) is 9.40. The molecule has 0 saturated carbocycles. The van der Waals surface area contributed by atoms with Crippen LogP contribution in [0.3, 0.4) is 0 Å². The smallest absolute Gasteiger partial charge is 0.337 e. The maximum atomic E-state index is 12.4. The van der Waals surface area contributed by atoms with Gasteiger partial charge in [0.2, 0.25) is 0 Å². The standard InChI is InChI=1S/C31H33ClN4O7/c1-4-41-26-15-22(29-28(30(38)40-3)19(2)34-31(39)35-29)10-13-25(26)43-18-27(37)36-33-16-21-6-5-7-24(14-21)42-17-20-8-11-23(32)12-9-20/h5-16,27,29,36-37H,4,17-18H2,1-3H3,(H2,34,35,39)/b33-16+/t27-,29-/m1/s1. The van der Waals surface area contributed by atoms with Crippen LogP contribution in [0, 0.1) is 0 Å². The Hall–Kier alpha value is -4.74. The number of benzene rings is 3. The summed E-state index contributed by atoms with van der Waals surface area (Å²) in [6, 6.07) is 18.6. The van der Waals surface area contributed by atoms with Crippen LogP contribution in [0.2, 0.25) is 5.02 Å².